The van der Waals surface area contributed by atoms with Gasteiger partial charge in [-0.3, -0.25) is 5.10 Å². The molecule has 0 fully saturated rings. The molecule has 5 nitrogen and oxygen atoms in total. The molecule has 3 N–H and O–H groups in total. The van der Waals surface area contributed by atoms with E-state index in [4.69, 9.17) is 5.73 Å². The first-order valence-electron chi connectivity index (χ1n) is 6.09. The zero-order valence-electron chi connectivity index (χ0n) is 10.7. The number of nitrogen functional groups attached to an aromatic ring is 1. The third kappa shape index (κ3) is 2.35. The number of imidazole rings is 1. The summed E-state index contributed by atoms with van der Waals surface area (Å²) in [7, 11) is 2.00. The zero-order valence-corrected chi connectivity index (χ0v) is 10.7. The van der Waals surface area contributed by atoms with Crippen molar-refractivity contribution in [1.29, 1.82) is 0 Å². The highest BCUT2D eigenvalue weighted by Gasteiger charge is 2.04. The van der Waals surface area contributed by atoms with E-state index in [9.17, 15) is 0 Å². The van der Waals surface area contributed by atoms with Crippen molar-refractivity contribution in [3.05, 3.63) is 54.1 Å². The minimum atomic E-state index is 0.507. The normalized spacial score (nSPS) is 10.8. The van der Waals surface area contributed by atoms with Gasteiger partial charge in [-0.2, -0.15) is 5.10 Å². The quantitative estimate of drug-likeness (QED) is 0.749. The summed E-state index contributed by atoms with van der Waals surface area (Å²) < 4.78 is 2.03. The van der Waals surface area contributed by atoms with Gasteiger partial charge in [0.25, 0.3) is 0 Å². The maximum atomic E-state index is 5.60. The average molecular weight is 253 g/mol. The van der Waals surface area contributed by atoms with Crippen LogP contribution in [0.4, 0.5) is 5.82 Å². The molecule has 0 bridgehead atoms. The molecule has 5 heteroatoms. The van der Waals surface area contributed by atoms with Crippen LogP contribution in [0.3, 0.4) is 0 Å². The molecule has 1 aromatic carbocycles. The van der Waals surface area contributed by atoms with Gasteiger partial charge in [0, 0.05) is 31.9 Å². The molecule has 0 amide bonds. The van der Waals surface area contributed by atoms with Crippen LogP contribution in [0, 0.1) is 0 Å². The molecule has 0 aliphatic carbocycles. The van der Waals surface area contributed by atoms with Crippen molar-refractivity contribution in [2.75, 3.05) is 5.73 Å². The van der Waals surface area contributed by atoms with Gasteiger partial charge in [0.1, 0.15) is 11.6 Å². The largest absolute Gasteiger partial charge is 0.382 e. The Morgan fingerprint density at radius 2 is 2.05 bits per heavy atom. The average Bonchev–Trinajstić information content (AvgIpc) is 3.00. The number of nitrogens with zero attached hydrogens (tertiary/aromatic N) is 3. The first kappa shape index (κ1) is 11.5. The second-order valence-electron chi connectivity index (χ2n) is 4.53. The van der Waals surface area contributed by atoms with E-state index in [2.05, 4.69) is 39.4 Å². The lowest BCUT2D eigenvalue weighted by atomic mass is 10.1. The molecule has 3 rings (SSSR count). The summed E-state index contributed by atoms with van der Waals surface area (Å²) in [6, 6.07) is 10.1. The molecule has 19 heavy (non-hydrogen) atoms. The van der Waals surface area contributed by atoms with Gasteiger partial charge in [0.2, 0.25) is 0 Å². The van der Waals surface area contributed by atoms with Crippen molar-refractivity contribution in [2.45, 2.75) is 6.42 Å². The fraction of sp³-hybridized carbons (Fsp3) is 0.143. The second-order valence-corrected chi connectivity index (χ2v) is 4.53. The topological polar surface area (TPSA) is 72.5 Å². The number of benzene rings is 1. The van der Waals surface area contributed by atoms with Gasteiger partial charge in [0.05, 0.1) is 5.69 Å². The van der Waals surface area contributed by atoms with E-state index in [0.29, 0.717) is 5.82 Å². The fourth-order valence-electron chi connectivity index (χ4n) is 2.04. The lowest BCUT2D eigenvalue weighted by Gasteiger charge is -2.03. The summed E-state index contributed by atoms with van der Waals surface area (Å²) in [6.07, 6.45) is 4.60. The van der Waals surface area contributed by atoms with Crippen molar-refractivity contribution < 1.29 is 0 Å². The second kappa shape index (κ2) is 4.61. The molecule has 0 aliphatic heterocycles. The number of aromatic nitrogens is 4. The van der Waals surface area contributed by atoms with Crippen LogP contribution < -0.4 is 5.73 Å². The van der Waals surface area contributed by atoms with Crippen LogP contribution in [0.1, 0.15) is 11.4 Å². The lowest BCUT2D eigenvalue weighted by Crippen LogP contribution is -1.98. The van der Waals surface area contributed by atoms with E-state index >= 15 is 0 Å². The van der Waals surface area contributed by atoms with Gasteiger partial charge in [0.15, 0.2) is 0 Å². The minimum Gasteiger partial charge on any atom is -0.382 e. The first-order chi connectivity index (χ1) is 9.22. The van der Waals surface area contributed by atoms with E-state index in [1.165, 1.54) is 5.56 Å². The van der Waals surface area contributed by atoms with Gasteiger partial charge in [-0.05, 0) is 11.1 Å². The van der Waals surface area contributed by atoms with Crippen LogP contribution in [-0.4, -0.2) is 19.7 Å². The van der Waals surface area contributed by atoms with Crippen LogP contribution in [-0.2, 0) is 13.5 Å². The third-order valence-electron chi connectivity index (χ3n) is 3.15. The summed E-state index contributed by atoms with van der Waals surface area (Å²) in [4.78, 5) is 4.33. The number of H-pyrrole nitrogens is 1. The summed E-state index contributed by atoms with van der Waals surface area (Å²) in [5.41, 5.74) is 8.83. The number of hydrogen-bond donors (Lipinski definition) is 2. The highest BCUT2D eigenvalue weighted by atomic mass is 15.2. The molecular formula is C14H15N5. The smallest absolute Gasteiger partial charge is 0.145 e. The van der Waals surface area contributed by atoms with Crippen LogP contribution in [0.2, 0.25) is 0 Å². The number of nitrogens with two attached hydrogens (primary N) is 1. The highest BCUT2D eigenvalue weighted by molar-refractivity contribution is 5.62. The Morgan fingerprint density at radius 3 is 2.63 bits per heavy atom. The lowest BCUT2D eigenvalue weighted by molar-refractivity contribution is 0.822. The molecule has 0 saturated heterocycles. The number of rotatable bonds is 3. The number of aromatic amines is 1. The number of hydrogen-bond acceptors (Lipinski definition) is 3. The molecule has 0 saturated carbocycles. The molecule has 3 aromatic rings. The van der Waals surface area contributed by atoms with Gasteiger partial charge in [-0.1, -0.05) is 24.3 Å². The summed E-state index contributed by atoms with van der Waals surface area (Å²) in [5, 5.41) is 6.83. The van der Waals surface area contributed by atoms with E-state index < -0.39 is 0 Å². The molecular weight excluding hydrogens is 238 g/mol. The Labute approximate surface area is 111 Å². The molecule has 0 atom stereocenters. The Hall–Kier alpha value is -2.56. The highest BCUT2D eigenvalue weighted by Crippen LogP contribution is 2.19. The first-order valence-corrected chi connectivity index (χ1v) is 6.09. The van der Waals surface area contributed by atoms with Gasteiger partial charge in [-0.25, -0.2) is 4.98 Å². The standard InChI is InChI=1S/C14H15N5/c1-19-7-6-16-14(19)8-10-2-4-11(5-3-10)12-9-13(15)18-17-12/h2-7,9H,8H2,1H3,(H3,15,17,18). The van der Waals surface area contributed by atoms with Gasteiger partial charge < -0.3 is 10.3 Å². The predicted octanol–water partition coefficient (Wildman–Crippen LogP) is 1.98. The third-order valence-corrected chi connectivity index (χ3v) is 3.15. The fourth-order valence-corrected chi connectivity index (χ4v) is 2.04. The zero-order chi connectivity index (χ0) is 13.2. The summed E-state index contributed by atoms with van der Waals surface area (Å²) in [5.74, 6) is 1.56. The Kier molecular flexibility index (Phi) is 2.79. The molecule has 0 unspecified atom stereocenters. The van der Waals surface area contributed by atoms with Crippen LogP contribution in [0.5, 0.6) is 0 Å². The van der Waals surface area contributed by atoms with Gasteiger partial charge in [-0.15, -0.1) is 0 Å². The van der Waals surface area contributed by atoms with Crippen LogP contribution in [0.25, 0.3) is 11.3 Å². The Morgan fingerprint density at radius 1 is 1.26 bits per heavy atom. The van der Waals surface area contributed by atoms with Crippen molar-refractivity contribution in [3.8, 4) is 11.3 Å². The van der Waals surface area contributed by atoms with Crippen molar-refractivity contribution in [2.24, 2.45) is 7.05 Å². The van der Waals surface area contributed by atoms with Crippen LogP contribution in [0.15, 0.2) is 42.7 Å². The van der Waals surface area contributed by atoms with E-state index in [1.807, 2.05) is 30.1 Å². The summed E-state index contributed by atoms with van der Waals surface area (Å²) in [6.45, 7) is 0. The van der Waals surface area contributed by atoms with E-state index in [-0.39, 0.29) is 0 Å². The Bertz CT molecular complexity index is 678. The molecule has 96 valence electrons. The van der Waals surface area contributed by atoms with Crippen molar-refractivity contribution >= 4 is 5.82 Å². The maximum Gasteiger partial charge on any atom is 0.145 e. The molecule has 2 aromatic heterocycles. The molecule has 2 heterocycles. The monoisotopic (exact) mass is 253 g/mol. The maximum absolute atomic E-state index is 5.60. The Balaban J connectivity index is 1.81. The number of nitrogens with one attached hydrogen (secondary N) is 1. The van der Waals surface area contributed by atoms with Crippen LogP contribution >= 0.6 is 0 Å². The van der Waals surface area contributed by atoms with Gasteiger partial charge >= 0.3 is 0 Å². The number of aryl methyl sites for hydroxylation is 1. The molecule has 0 aliphatic rings. The van der Waals surface area contributed by atoms with E-state index in [1.54, 1.807) is 0 Å². The SMILES string of the molecule is Cn1ccnc1Cc1ccc(-c2cc(N)n[nH]2)cc1. The summed E-state index contributed by atoms with van der Waals surface area (Å²) >= 11 is 0. The number of anilines is 1. The minimum absolute atomic E-state index is 0.507. The van der Waals surface area contributed by atoms with Crippen molar-refractivity contribution in [1.82, 2.24) is 19.7 Å². The molecule has 0 radical (unpaired) electrons. The predicted molar refractivity (Wildman–Crippen MR) is 74.5 cm³/mol. The van der Waals surface area contributed by atoms with E-state index in [0.717, 1.165) is 23.5 Å². The van der Waals surface area contributed by atoms with Crippen molar-refractivity contribution in [3.63, 3.8) is 0 Å². The molecule has 0 spiro atoms.